The van der Waals surface area contributed by atoms with Gasteiger partial charge in [0.1, 0.15) is 0 Å². The number of carbonyl (C=O) groups is 2. The summed E-state index contributed by atoms with van der Waals surface area (Å²) in [6, 6.07) is 0. The quantitative estimate of drug-likeness (QED) is 0.832. The molecule has 0 aromatic carbocycles. The molecule has 0 radical (unpaired) electrons. The summed E-state index contributed by atoms with van der Waals surface area (Å²) in [7, 11) is 0. The molecule has 0 spiro atoms. The molecule has 2 rings (SSSR count). The first-order chi connectivity index (χ1) is 9.47. The van der Waals surface area contributed by atoms with Gasteiger partial charge in [0.15, 0.2) is 0 Å². The van der Waals surface area contributed by atoms with E-state index < -0.39 is 11.9 Å². The molecule has 20 heavy (non-hydrogen) atoms. The van der Waals surface area contributed by atoms with E-state index in [2.05, 4.69) is 12.2 Å². The molecule has 2 aliphatic carbocycles. The van der Waals surface area contributed by atoms with Crippen LogP contribution in [-0.2, 0) is 9.59 Å². The van der Waals surface area contributed by atoms with Crippen LogP contribution in [0.5, 0.6) is 0 Å². The zero-order valence-electron chi connectivity index (χ0n) is 12.6. The lowest BCUT2D eigenvalue weighted by Gasteiger charge is -2.27. The van der Waals surface area contributed by atoms with Crippen LogP contribution in [0.4, 0.5) is 0 Å². The summed E-state index contributed by atoms with van der Waals surface area (Å²) in [6.45, 7) is 5.03. The third kappa shape index (κ3) is 3.74. The second-order valence-electron chi connectivity index (χ2n) is 7.01. The molecule has 4 heteroatoms. The molecule has 0 heterocycles. The van der Waals surface area contributed by atoms with E-state index in [1.807, 2.05) is 6.92 Å². The van der Waals surface area contributed by atoms with Crippen molar-refractivity contribution in [2.45, 2.75) is 52.4 Å². The first kappa shape index (κ1) is 15.3. The predicted molar refractivity (Wildman–Crippen MR) is 77.1 cm³/mol. The highest BCUT2D eigenvalue weighted by Crippen LogP contribution is 2.36. The maximum absolute atomic E-state index is 12.3. The van der Waals surface area contributed by atoms with Crippen LogP contribution >= 0.6 is 0 Å². The van der Waals surface area contributed by atoms with Crippen LogP contribution in [0.15, 0.2) is 0 Å². The minimum Gasteiger partial charge on any atom is -0.481 e. The number of carboxylic acid groups (broad SMARTS) is 1. The molecule has 2 saturated carbocycles. The van der Waals surface area contributed by atoms with E-state index in [4.69, 9.17) is 0 Å². The fourth-order valence-electron chi connectivity index (χ4n) is 3.98. The van der Waals surface area contributed by atoms with Gasteiger partial charge in [-0.05, 0) is 43.4 Å². The Balaban J connectivity index is 1.83. The van der Waals surface area contributed by atoms with Crippen LogP contribution in [0.1, 0.15) is 52.4 Å². The van der Waals surface area contributed by atoms with Crippen molar-refractivity contribution in [3.8, 4) is 0 Å². The van der Waals surface area contributed by atoms with Gasteiger partial charge in [0.05, 0.1) is 11.8 Å². The van der Waals surface area contributed by atoms with E-state index >= 15 is 0 Å². The highest BCUT2D eigenvalue weighted by atomic mass is 16.4. The minimum absolute atomic E-state index is 0.0417. The Kier molecular flexibility index (Phi) is 5.06. The summed E-state index contributed by atoms with van der Waals surface area (Å²) < 4.78 is 0. The molecule has 2 fully saturated rings. The third-order valence-corrected chi connectivity index (χ3v) is 5.06. The molecule has 2 aliphatic rings. The highest BCUT2D eigenvalue weighted by Gasteiger charge is 2.41. The number of hydrogen-bond donors (Lipinski definition) is 2. The summed E-state index contributed by atoms with van der Waals surface area (Å²) in [5, 5.41) is 12.2. The second kappa shape index (κ2) is 6.59. The Bertz CT molecular complexity index is 369. The van der Waals surface area contributed by atoms with E-state index in [1.54, 1.807) is 0 Å². The van der Waals surface area contributed by atoms with E-state index in [9.17, 15) is 14.7 Å². The van der Waals surface area contributed by atoms with Crippen molar-refractivity contribution in [3.63, 3.8) is 0 Å². The lowest BCUT2D eigenvalue weighted by Crippen LogP contribution is -2.38. The van der Waals surface area contributed by atoms with E-state index in [1.165, 1.54) is 25.7 Å². The monoisotopic (exact) mass is 281 g/mol. The van der Waals surface area contributed by atoms with Crippen LogP contribution < -0.4 is 5.32 Å². The molecular formula is C16H27NO3. The first-order valence-electron chi connectivity index (χ1n) is 7.98. The minimum atomic E-state index is -0.819. The van der Waals surface area contributed by atoms with Crippen molar-refractivity contribution in [2.24, 2.45) is 29.6 Å². The van der Waals surface area contributed by atoms with Crippen molar-refractivity contribution in [3.05, 3.63) is 0 Å². The molecule has 5 atom stereocenters. The molecule has 0 aromatic rings. The summed E-state index contributed by atoms with van der Waals surface area (Å²) in [6.07, 6.45) is 6.26. The normalized spacial score (nSPS) is 37.6. The number of carboxylic acids is 1. The van der Waals surface area contributed by atoms with Crippen LogP contribution in [-0.4, -0.2) is 23.5 Å². The Morgan fingerprint density at radius 1 is 1.05 bits per heavy atom. The molecule has 0 saturated heterocycles. The van der Waals surface area contributed by atoms with Crippen molar-refractivity contribution in [1.29, 1.82) is 0 Å². The van der Waals surface area contributed by atoms with Gasteiger partial charge in [-0.3, -0.25) is 9.59 Å². The molecular weight excluding hydrogens is 254 g/mol. The van der Waals surface area contributed by atoms with Gasteiger partial charge in [-0.15, -0.1) is 0 Å². The number of hydrogen-bond acceptors (Lipinski definition) is 2. The van der Waals surface area contributed by atoms with Crippen molar-refractivity contribution < 1.29 is 14.7 Å². The smallest absolute Gasteiger partial charge is 0.307 e. The zero-order chi connectivity index (χ0) is 14.7. The first-order valence-corrected chi connectivity index (χ1v) is 7.98. The van der Waals surface area contributed by atoms with Gasteiger partial charge in [0.25, 0.3) is 0 Å². The molecule has 1 amide bonds. The average molecular weight is 281 g/mol. The Morgan fingerprint density at radius 3 is 2.40 bits per heavy atom. The second-order valence-corrected chi connectivity index (χ2v) is 7.01. The topological polar surface area (TPSA) is 66.4 Å². The van der Waals surface area contributed by atoms with Crippen LogP contribution in [0, 0.1) is 29.6 Å². The molecule has 0 aliphatic heterocycles. The molecule has 2 N–H and O–H groups in total. The number of nitrogens with one attached hydrogen (secondary N) is 1. The fourth-order valence-corrected chi connectivity index (χ4v) is 3.98. The van der Waals surface area contributed by atoms with Crippen molar-refractivity contribution in [2.75, 3.05) is 6.54 Å². The predicted octanol–water partition coefficient (Wildman–Crippen LogP) is 2.68. The average Bonchev–Trinajstić information content (AvgIpc) is 2.78. The standard InChI is InChI=1S/C16H27NO3/c1-10-4-3-5-12(6-10)9-17-15(18)13-7-11(2)8-14(13)16(19)20/h10-14H,3-9H2,1-2H3,(H,17,18)(H,19,20)/t10?,11?,12?,13-,14+/m0/s1. The third-order valence-electron chi connectivity index (χ3n) is 5.06. The van der Waals surface area contributed by atoms with Gasteiger partial charge < -0.3 is 10.4 Å². The number of rotatable bonds is 4. The SMILES string of the molecule is CC1CCCC(CNC(=O)[C@H]2CC(C)C[C@H]2C(=O)O)C1. The van der Waals surface area contributed by atoms with E-state index in [-0.39, 0.29) is 11.8 Å². The summed E-state index contributed by atoms with van der Waals surface area (Å²) in [4.78, 5) is 23.5. The Morgan fingerprint density at radius 2 is 1.75 bits per heavy atom. The van der Waals surface area contributed by atoms with Crippen molar-refractivity contribution >= 4 is 11.9 Å². The lowest BCUT2D eigenvalue weighted by atomic mass is 9.82. The van der Waals surface area contributed by atoms with E-state index in [0.29, 0.717) is 24.7 Å². The highest BCUT2D eigenvalue weighted by molar-refractivity contribution is 5.85. The lowest BCUT2D eigenvalue weighted by molar-refractivity contribution is -0.146. The summed E-state index contributed by atoms with van der Waals surface area (Å²) in [5.41, 5.74) is 0. The molecule has 114 valence electrons. The summed E-state index contributed by atoms with van der Waals surface area (Å²) in [5.74, 6) is -0.0187. The maximum atomic E-state index is 12.3. The fraction of sp³-hybridized carbons (Fsp3) is 0.875. The largest absolute Gasteiger partial charge is 0.481 e. The molecule has 0 bridgehead atoms. The molecule has 4 nitrogen and oxygen atoms in total. The zero-order valence-corrected chi connectivity index (χ0v) is 12.6. The summed E-state index contributed by atoms with van der Waals surface area (Å²) >= 11 is 0. The van der Waals surface area contributed by atoms with Gasteiger partial charge in [0.2, 0.25) is 5.91 Å². The van der Waals surface area contributed by atoms with Gasteiger partial charge in [-0.1, -0.05) is 26.7 Å². The van der Waals surface area contributed by atoms with Gasteiger partial charge in [-0.25, -0.2) is 0 Å². The van der Waals surface area contributed by atoms with Crippen LogP contribution in [0.2, 0.25) is 0 Å². The van der Waals surface area contributed by atoms with E-state index in [0.717, 1.165) is 12.5 Å². The van der Waals surface area contributed by atoms with Crippen LogP contribution in [0.3, 0.4) is 0 Å². The Hall–Kier alpha value is -1.06. The molecule has 3 unspecified atom stereocenters. The number of carbonyl (C=O) groups excluding carboxylic acids is 1. The van der Waals surface area contributed by atoms with Gasteiger partial charge in [-0.2, -0.15) is 0 Å². The van der Waals surface area contributed by atoms with Crippen molar-refractivity contribution in [1.82, 2.24) is 5.32 Å². The van der Waals surface area contributed by atoms with Gasteiger partial charge in [0, 0.05) is 6.54 Å². The Labute approximate surface area is 121 Å². The van der Waals surface area contributed by atoms with Gasteiger partial charge >= 0.3 is 5.97 Å². The maximum Gasteiger partial charge on any atom is 0.307 e. The number of aliphatic carboxylic acids is 1. The number of amides is 1. The molecule has 0 aromatic heterocycles. The van der Waals surface area contributed by atoms with Crippen LogP contribution in [0.25, 0.3) is 0 Å².